The molecule has 0 radical (unpaired) electrons. The molecule has 5 heteroatoms. The Balaban J connectivity index is 1.68. The van der Waals surface area contributed by atoms with E-state index in [4.69, 9.17) is 11.6 Å². The lowest BCUT2D eigenvalue weighted by molar-refractivity contribution is 0.0941. The molecule has 104 valence electrons. The summed E-state index contributed by atoms with van der Waals surface area (Å²) in [5.41, 5.74) is 1.71. The first kappa shape index (κ1) is 13.7. The van der Waals surface area contributed by atoms with Crippen molar-refractivity contribution in [2.45, 2.75) is 25.4 Å². The zero-order valence-electron chi connectivity index (χ0n) is 10.8. The Kier molecular flexibility index (Phi) is 3.85. The van der Waals surface area contributed by atoms with E-state index in [1.165, 1.54) is 0 Å². The van der Waals surface area contributed by atoms with Gasteiger partial charge in [-0.1, -0.05) is 39.7 Å². The molecule has 1 fully saturated rings. The van der Waals surface area contributed by atoms with Crippen LogP contribution in [-0.2, 0) is 6.54 Å². The summed E-state index contributed by atoms with van der Waals surface area (Å²) in [6, 6.07) is 10.1. The van der Waals surface area contributed by atoms with Crippen molar-refractivity contribution in [3.63, 3.8) is 0 Å². The maximum atomic E-state index is 12.3. The molecule has 1 aromatic carbocycles. The monoisotopic (exact) mass is 352 g/mol. The number of nitrogens with one attached hydrogen (secondary N) is 1. The van der Waals surface area contributed by atoms with E-state index in [1.54, 1.807) is 6.07 Å². The Morgan fingerprint density at radius 3 is 2.70 bits per heavy atom. The third kappa shape index (κ3) is 3.07. The van der Waals surface area contributed by atoms with Crippen LogP contribution in [0, 0.1) is 0 Å². The molecule has 1 saturated carbocycles. The Hall–Kier alpha value is -1.26. The van der Waals surface area contributed by atoms with Crippen LogP contribution in [0.2, 0.25) is 5.02 Å². The predicted molar refractivity (Wildman–Crippen MR) is 83.0 cm³/mol. The fourth-order valence-electron chi connectivity index (χ4n) is 2.16. The molecule has 0 unspecified atom stereocenters. The molecule has 1 aliphatic rings. The first-order valence-electron chi connectivity index (χ1n) is 6.53. The van der Waals surface area contributed by atoms with E-state index < -0.39 is 0 Å². The van der Waals surface area contributed by atoms with Crippen molar-refractivity contribution in [3.05, 3.63) is 57.3 Å². The number of carbonyl (C=O) groups excluding carboxylic acids is 1. The summed E-state index contributed by atoms with van der Waals surface area (Å²) in [6.07, 6.45) is 4.09. The number of hydrogen-bond donors (Lipinski definition) is 1. The average molecular weight is 354 g/mol. The number of rotatable bonds is 4. The largest absolute Gasteiger partial charge is 0.347 e. The van der Waals surface area contributed by atoms with Gasteiger partial charge in [0.25, 0.3) is 5.91 Å². The number of hydrogen-bond acceptors (Lipinski definition) is 1. The van der Waals surface area contributed by atoms with Gasteiger partial charge in [-0.15, -0.1) is 0 Å². The second-order valence-corrected chi connectivity index (χ2v) is 6.34. The van der Waals surface area contributed by atoms with Crippen LogP contribution in [0.3, 0.4) is 0 Å². The molecular weight excluding hydrogens is 340 g/mol. The van der Waals surface area contributed by atoms with Crippen molar-refractivity contribution in [1.29, 1.82) is 0 Å². The number of aromatic nitrogens is 1. The van der Waals surface area contributed by atoms with Crippen molar-refractivity contribution in [2.24, 2.45) is 0 Å². The van der Waals surface area contributed by atoms with Gasteiger partial charge >= 0.3 is 0 Å². The molecule has 1 N–H and O–H groups in total. The van der Waals surface area contributed by atoms with Crippen molar-refractivity contribution in [2.75, 3.05) is 0 Å². The lowest BCUT2D eigenvalue weighted by Gasteiger charge is -2.08. The van der Waals surface area contributed by atoms with Crippen molar-refractivity contribution < 1.29 is 4.79 Å². The Labute approximate surface area is 131 Å². The van der Waals surface area contributed by atoms with E-state index in [-0.39, 0.29) is 5.91 Å². The maximum absolute atomic E-state index is 12.3. The summed E-state index contributed by atoms with van der Waals surface area (Å²) in [4.78, 5) is 12.3. The van der Waals surface area contributed by atoms with Gasteiger partial charge in [0.15, 0.2) is 0 Å². The van der Waals surface area contributed by atoms with Gasteiger partial charge in [-0.25, -0.2) is 0 Å². The predicted octanol–water partition coefficient (Wildman–Crippen LogP) is 4.17. The number of amides is 1. The van der Waals surface area contributed by atoms with Gasteiger partial charge in [-0.2, -0.15) is 0 Å². The molecule has 0 spiro atoms. The second kappa shape index (κ2) is 5.62. The highest BCUT2D eigenvalue weighted by Gasteiger charge is 2.27. The number of carbonyl (C=O) groups is 1. The number of halogens is 2. The second-order valence-electron chi connectivity index (χ2n) is 4.99. The molecule has 1 heterocycles. The summed E-state index contributed by atoms with van der Waals surface area (Å²) in [5, 5.41) is 3.55. The Morgan fingerprint density at radius 1 is 1.35 bits per heavy atom. The summed E-state index contributed by atoms with van der Waals surface area (Å²) in [6.45, 7) is 0.513. The standard InChI is InChI=1S/C15H14BrClN2O/c16-11-3-1-10(2-4-11)8-18-15(20)14-7-12(17)9-19(14)13-5-6-13/h1-4,7,9,13H,5-6,8H2,(H,18,20). The first-order chi connectivity index (χ1) is 9.63. The van der Waals surface area contributed by atoms with Crippen molar-refractivity contribution >= 4 is 33.4 Å². The Morgan fingerprint density at radius 2 is 2.05 bits per heavy atom. The zero-order chi connectivity index (χ0) is 14.1. The zero-order valence-corrected chi connectivity index (χ0v) is 13.1. The minimum absolute atomic E-state index is 0.0771. The summed E-state index contributed by atoms with van der Waals surface area (Å²) in [5.74, 6) is -0.0771. The van der Waals surface area contributed by atoms with E-state index in [0.29, 0.717) is 23.3 Å². The van der Waals surface area contributed by atoms with E-state index in [2.05, 4.69) is 21.2 Å². The number of nitrogens with zero attached hydrogens (tertiary/aromatic N) is 1. The highest BCUT2D eigenvalue weighted by Crippen LogP contribution is 2.37. The molecule has 0 bridgehead atoms. The Bertz CT molecular complexity index is 632. The van der Waals surface area contributed by atoms with E-state index in [9.17, 15) is 4.79 Å². The molecule has 0 saturated heterocycles. The van der Waals surface area contributed by atoms with Crippen LogP contribution in [-0.4, -0.2) is 10.5 Å². The highest BCUT2D eigenvalue weighted by atomic mass is 79.9. The minimum Gasteiger partial charge on any atom is -0.347 e. The summed E-state index contributed by atoms with van der Waals surface area (Å²) < 4.78 is 3.01. The lowest BCUT2D eigenvalue weighted by atomic mass is 10.2. The van der Waals surface area contributed by atoms with Gasteiger partial charge in [0, 0.05) is 23.3 Å². The smallest absolute Gasteiger partial charge is 0.268 e. The average Bonchev–Trinajstić information content (AvgIpc) is 3.20. The summed E-state index contributed by atoms with van der Waals surface area (Å²) in [7, 11) is 0. The van der Waals surface area contributed by atoms with Gasteiger partial charge in [0.2, 0.25) is 0 Å². The van der Waals surface area contributed by atoms with E-state index >= 15 is 0 Å². The molecule has 2 aromatic rings. The van der Waals surface area contributed by atoms with Crippen LogP contribution < -0.4 is 5.32 Å². The van der Waals surface area contributed by atoms with Gasteiger partial charge in [-0.3, -0.25) is 4.79 Å². The minimum atomic E-state index is -0.0771. The molecule has 3 nitrogen and oxygen atoms in total. The molecule has 1 aromatic heterocycles. The molecule has 1 amide bonds. The third-order valence-electron chi connectivity index (χ3n) is 3.35. The van der Waals surface area contributed by atoms with Crippen LogP contribution in [0.15, 0.2) is 41.0 Å². The first-order valence-corrected chi connectivity index (χ1v) is 7.70. The fraction of sp³-hybridized carbons (Fsp3) is 0.267. The van der Waals surface area contributed by atoms with Crippen LogP contribution in [0.4, 0.5) is 0 Å². The third-order valence-corrected chi connectivity index (χ3v) is 4.09. The summed E-state index contributed by atoms with van der Waals surface area (Å²) >= 11 is 9.40. The molecule has 0 atom stereocenters. The van der Waals surface area contributed by atoms with Crippen LogP contribution in [0.25, 0.3) is 0 Å². The fourth-order valence-corrected chi connectivity index (χ4v) is 2.63. The van der Waals surface area contributed by atoms with E-state index in [0.717, 1.165) is 22.9 Å². The quantitative estimate of drug-likeness (QED) is 0.879. The maximum Gasteiger partial charge on any atom is 0.268 e. The normalized spacial score (nSPS) is 14.3. The van der Waals surface area contributed by atoms with Gasteiger partial charge in [-0.05, 0) is 36.6 Å². The highest BCUT2D eigenvalue weighted by molar-refractivity contribution is 9.10. The topological polar surface area (TPSA) is 34.0 Å². The lowest BCUT2D eigenvalue weighted by Crippen LogP contribution is -2.25. The van der Waals surface area contributed by atoms with Crippen LogP contribution in [0.5, 0.6) is 0 Å². The SMILES string of the molecule is O=C(NCc1ccc(Br)cc1)c1cc(Cl)cn1C1CC1. The molecule has 3 rings (SSSR count). The van der Waals surface area contributed by atoms with Gasteiger partial charge < -0.3 is 9.88 Å². The van der Waals surface area contributed by atoms with Crippen LogP contribution in [0.1, 0.15) is 34.9 Å². The van der Waals surface area contributed by atoms with Crippen molar-refractivity contribution in [3.8, 4) is 0 Å². The molecule has 1 aliphatic carbocycles. The van der Waals surface area contributed by atoms with Gasteiger partial charge in [0.1, 0.15) is 5.69 Å². The number of benzene rings is 1. The van der Waals surface area contributed by atoms with Gasteiger partial charge in [0.05, 0.1) is 5.02 Å². The molecule has 20 heavy (non-hydrogen) atoms. The van der Waals surface area contributed by atoms with E-state index in [1.807, 2.05) is 35.0 Å². The molecule has 0 aliphatic heterocycles. The van der Waals surface area contributed by atoms with Crippen LogP contribution >= 0.6 is 27.5 Å². The van der Waals surface area contributed by atoms with Crippen molar-refractivity contribution in [1.82, 2.24) is 9.88 Å². The molecular formula is C15H14BrClN2O.